The first-order valence-electron chi connectivity index (χ1n) is 6.57. The van der Waals surface area contributed by atoms with Gasteiger partial charge in [0, 0.05) is 12.6 Å². The average molecular weight is 381 g/mol. The molecule has 118 valence electrons. The van der Waals surface area contributed by atoms with Crippen LogP contribution in [0.3, 0.4) is 0 Å². The Morgan fingerprint density at radius 2 is 2.05 bits per heavy atom. The van der Waals surface area contributed by atoms with Gasteiger partial charge in [-0.3, -0.25) is 4.79 Å². The van der Waals surface area contributed by atoms with Crippen molar-refractivity contribution in [3.8, 4) is 0 Å². The van der Waals surface area contributed by atoms with Crippen LogP contribution in [0, 0.1) is 0 Å². The van der Waals surface area contributed by atoms with Gasteiger partial charge in [0.2, 0.25) is 5.03 Å². The molecule has 0 aliphatic heterocycles. The number of hydrogen-bond acceptors (Lipinski definition) is 5. The highest BCUT2D eigenvalue weighted by molar-refractivity contribution is 9.10. The number of nitrogens with one attached hydrogen (secondary N) is 1. The lowest BCUT2D eigenvalue weighted by Gasteiger charge is -2.36. The molecule has 1 aromatic rings. The van der Waals surface area contributed by atoms with E-state index in [0.29, 0.717) is 12.8 Å². The van der Waals surface area contributed by atoms with Crippen molar-refractivity contribution in [2.45, 2.75) is 49.1 Å². The number of carboxylic acids is 1. The third kappa shape index (κ3) is 3.61. The second-order valence-electron chi connectivity index (χ2n) is 5.33. The number of carboxylic acid groups (broad SMARTS) is 1. The second kappa shape index (κ2) is 6.01. The van der Waals surface area contributed by atoms with E-state index in [9.17, 15) is 13.2 Å². The van der Waals surface area contributed by atoms with Crippen LogP contribution in [-0.2, 0) is 21.9 Å². The largest absolute Gasteiger partial charge is 0.481 e. The van der Waals surface area contributed by atoms with Crippen LogP contribution in [0.1, 0.15) is 38.5 Å². The van der Waals surface area contributed by atoms with Crippen molar-refractivity contribution in [1.29, 1.82) is 0 Å². The molecule has 1 aliphatic rings. The fourth-order valence-electron chi connectivity index (χ4n) is 2.77. The van der Waals surface area contributed by atoms with Crippen LogP contribution in [0.15, 0.2) is 9.63 Å². The summed E-state index contributed by atoms with van der Waals surface area (Å²) in [7, 11) is -2.43. The summed E-state index contributed by atoms with van der Waals surface area (Å²) in [6, 6.07) is 0. The SMILES string of the molecule is Cn1nnc(Br)c1S(=O)(=O)NC1(CC(=O)O)CCCCC1. The summed E-state index contributed by atoms with van der Waals surface area (Å²) in [5.41, 5.74) is -0.938. The van der Waals surface area contributed by atoms with E-state index in [2.05, 4.69) is 31.0 Å². The van der Waals surface area contributed by atoms with E-state index in [1.807, 2.05) is 0 Å². The van der Waals surface area contributed by atoms with Crippen molar-refractivity contribution in [1.82, 2.24) is 19.7 Å². The van der Waals surface area contributed by atoms with E-state index in [-0.39, 0.29) is 16.0 Å². The van der Waals surface area contributed by atoms with Crippen LogP contribution >= 0.6 is 15.9 Å². The Kier molecular flexibility index (Phi) is 4.69. The third-order valence-electron chi connectivity index (χ3n) is 3.64. The molecular weight excluding hydrogens is 364 g/mol. The molecule has 10 heteroatoms. The first kappa shape index (κ1) is 16.4. The summed E-state index contributed by atoms with van der Waals surface area (Å²) in [5.74, 6) is -1.01. The minimum absolute atomic E-state index is 0.0992. The zero-order chi connectivity index (χ0) is 15.7. The summed E-state index contributed by atoms with van der Waals surface area (Å²) >= 11 is 3.06. The molecule has 0 radical (unpaired) electrons. The molecular formula is C11H17BrN4O4S. The molecule has 0 atom stereocenters. The lowest BCUT2D eigenvalue weighted by Crippen LogP contribution is -2.51. The predicted molar refractivity (Wildman–Crippen MR) is 77.1 cm³/mol. The standard InChI is InChI=1S/C11H17BrN4O4S/c1-16-10(9(12)13-15-16)21(19,20)14-11(7-8(17)18)5-3-2-4-6-11/h14H,2-7H2,1H3,(H,17,18). The molecule has 2 N–H and O–H groups in total. The number of aryl methyl sites for hydroxylation is 1. The van der Waals surface area contributed by atoms with Gasteiger partial charge >= 0.3 is 5.97 Å². The van der Waals surface area contributed by atoms with Crippen LogP contribution in [-0.4, -0.2) is 40.0 Å². The van der Waals surface area contributed by atoms with Gasteiger partial charge in [0.15, 0.2) is 4.60 Å². The van der Waals surface area contributed by atoms with Gasteiger partial charge in [-0.2, -0.15) is 0 Å². The number of carbonyl (C=O) groups is 1. The number of hydrogen-bond donors (Lipinski definition) is 2. The van der Waals surface area contributed by atoms with Gasteiger partial charge in [0.05, 0.1) is 6.42 Å². The van der Waals surface area contributed by atoms with E-state index < -0.39 is 21.5 Å². The minimum Gasteiger partial charge on any atom is -0.481 e. The van der Waals surface area contributed by atoms with Crippen LogP contribution in [0.4, 0.5) is 0 Å². The second-order valence-corrected chi connectivity index (χ2v) is 7.67. The maximum atomic E-state index is 12.6. The number of sulfonamides is 1. The number of halogens is 1. The van der Waals surface area contributed by atoms with Crippen LogP contribution in [0.25, 0.3) is 0 Å². The maximum absolute atomic E-state index is 12.6. The van der Waals surface area contributed by atoms with E-state index in [1.165, 1.54) is 7.05 Å². The molecule has 1 aromatic heterocycles. The molecule has 21 heavy (non-hydrogen) atoms. The summed E-state index contributed by atoms with van der Waals surface area (Å²) in [6.07, 6.45) is 3.40. The molecule has 1 saturated carbocycles. The Balaban J connectivity index is 2.33. The number of nitrogens with zero attached hydrogens (tertiary/aromatic N) is 3. The van der Waals surface area contributed by atoms with E-state index in [1.54, 1.807) is 0 Å². The van der Waals surface area contributed by atoms with Crippen molar-refractivity contribution in [2.75, 3.05) is 0 Å². The lowest BCUT2D eigenvalue weighted by atomic mass is 9.80. The van der Waals surface area contributed by atoms with Crippen molar-refractivity contribution in [3.05, 3.63) is 4.60 Å². The highest BCUT2D eigenvalue weighted by Crippen LogP contribution is 2.33. The smallest absolute Gasteiger partial charge is 0.305 e. The Hall–Kier alpha value is -1.00. The van der Waals surface area contributed by atoms with E-state index in [4.69, 9.17) is 5.11 Å². The van der Waals surface area contributed by atoms with Crippen LogP contribution in [0.5, 0.6) is 0 Å². The minimum atomic E-state index is -3.90. The van der Waals surface area contributed by atoms with Gasteiger partial charge in [0.1, 0.15) is 0 Å². The summed E-state index contributed by atoms with van der Waals surface area (Å²) in [5, 5.41) is 16.3. The molecule has 0 amide bonds. The molecule has 1 heterocycles. The monoisotopic (exact) mass is 380 g/mol. The molecule has 2 rings (SSSR count). The fraction of sp³-hybridized carbons (Fsp3) is 0.727. The molecule has 1 fully saturated rings. The molecule has 0 unspecified atom stereocenters. The summed E-state index contributed by atoms with van der Waals surface area (Å²) < 4.78 is 28.9. The molecule has 0 bridgehead atoms. The Labute approximate surface area is 131 Å². The summed E-state index contributed by atoms with van der Waals surface area (Å²) in [6.45, 7) is 0. The highest BCUT2D eigenvalue weighted by atomic mass is 79.9. The van der Waals surface area contributed by atoms with E-state index in [0.717, 1.165) is 23.9 Å². The molecule has 0 saturated heterocycles. The quantitative estimate of drug-likeness (QED) is 0.788. The van der Waals surface area contributed by atoms with Crippen molar-refractivity contribution in [2.24, 2.45) is 7.05 Å². The van der Waals surface area contributed by atoms with Gasteiger partial charge < -0.3 is 5.11 Å². The summed E-state index contributed by atoms with van der Waals surface area (Å²) in [4.78, 5) is 11.1. The topological polar surface area (TPSA) is 114 Å². The first-order chi connectivity index (χ1) is 9.76. The van der Waals surface area contributed by atoms with Crippen molar-refractivity contribution >= 4 is 31.9 Å². The number of rotatable bonds is 5. The Morgan fingerprint density at radius 3 is 2.52 bits per heavy atom. The van der Waals surface area contributed by atoms with Gasteiger partial charge in [-0.1, -0.05) is 24.5 Å². The van der Waals surface area contributed by atoms with Gasteiger partial charge in [-0.25, -0.2) is 17.8 Å². The predicted octanol–water partition coefficient (Wildman–Crippen LogP) is 1.03. The fourth-order valence-corrected chi connectivity index (χ4v) is 5.33. The maximum Gasteiger partial charge on any atom is 0.305 e. The molecule has 8 nitrogen and oxygen atoms in total. The van der Waals surface area contributed by atoms with Crippen LogP contribution in [0.2, 0.25) is 0 Å². The molecule has 0 aromatic carbocycles. The highest BCUT2D eigenvalue weighted by Gasteiger charge is 2.40. The third-order valence-corrected chi connectivity index (χ3v) is 6.11. The van der Waals surface area contributed by atoms with Crippen molar-refractivity contribution < 1.29 is 18.3 Å². The normalized spacial score (nSPS) is 18.6. The Bertz CT molecular complexity index is 617. The number of aromatic nitrogens is 3. The zero-order valence-electron chi connectivity index (χ0n) is 11.5. The zero-order valence-corrected chi connectivity index (χ0v) is 13.9. The van der Waals surface area contributed by atoms with Gasteiger partial charge in [0.25, 0.3) is 10.0 Å². The average Bonchev–Trinajstić information content (AvgIpc) is 2.68. The van der Waals surface area contributed by atoms with Gasteiger partial charge in [-0.05, 0) is 28.8 Å². The van der Waals surface area contributed by atoms with Gasteiger partial charge in [-0.15, -0.1) is 5.10 Å². The molecule has 0 spiro atoms. The number of aliphatic carboxylic acids is 1. The first-order valence-corrected chi connectivity index (χ1v) is 8.84. The van der Waals surface area contributed by atoms with Crippen LogP contribution < -0.4 is 4.72 Å². The molecule has 1 aliphatic carbocycles. The lowest BCUT2D eigenvalue weighted by molar-refractivity contribution is -0.138. The van der Waals surface area contributed by atoms with E-state index >= 15 is 0 Å². The van der Waals surface area contributed by atoms with Crippen molar-refractivity contribution in [3.63, 3.8) is 0 Å². The Morgan fingerprint density at radius 1 is 1.43 bits per heavy atom.